The number of pyridine rings is 1. The topological polar surface area (TPSA) is 104 Å². The van der Waals surface area contributed by atoms with Crippen LogP contribution in [0.1, 0.15) is 32.0 Å². The summed E-state index contributed by atoms with van der Waals surface area (Å²) in [5, 5.41) is 3.63. The lowest BCUT2D eigenvalue weighted by Gasteiger charge is -2.05. The van der Waals surface area contributed by atoms with E-state index < -0.39 is 11.5 Å². The molecule has 0 unspecified atom stereocenters. The smallest absolute Gasteiger partial charge is 0.343 e. The predicted molar refractivity (Wildman–Crippen MR) is 94.1 cm³/mol. The number of ether oxygens (including phenoxy) is 1. The standard InChI is InChI=1S/C18H17N3O4/c1-9-4-5-10(2)15-12(9)7-14(21-15)17(23)20-11-6-13(18(24)25-3)16(22)19-8-11/h4-8,21H,1-3H3,(H,19,22)(H,20,23). The molecule has 1 amide bonds. The second-order valence-corrected chi connectivity index (χ2v) is 5.75. The molecule has 0 saturated heterocycles. The molecule has 0 saturated carbocycles. The molecule has 25 heavy (non-hydrogen) atoms. The Morgan fingerprint density at radius 1 is 1.12 bits per heavy atom. The van der Waals surface area contributed by atoms with Gasteiger partial charge in [-0.15, -0.1) is 0 Å². The molecule has 7 heteroatoms. The number of aromatic nitrogens is 2. The van der Waals surface area contributed by atoms with Gasteiger partial charge in [-0.2, -0.15) is 0 Å². The Morgan fingerprint density at radius 2 is 1.84 bits per heavy atom. The number of benzene rings is 1. The number of carbonyl (C=O) groups is 2. The van der Waals surface area contributed by atoms with E-state index in [1.807, 2.05) is 26.0 Å². The number of methoxy groups -OCH3 is 1. The highest BCUT2D eigenvalue weighted by Gasteiger charge is 2.15. The maximum atomic E-state index is 12.5. The normalized spacial score (nSPS) is 10.7. The summed E-state index contributed by atoms with van der Waals surface area (Å²) in [5.41, 5.74) is 2.92. The van der Waals surface area contributed by atoms with Gasteiger partial charge in [0.1, 0.15) is 11.3 Å². The molecule has 7 nitrogen and oxygen atoms in total. The highest BCUT2D eigenvalue weighted by Crippen LogP contribution is 2.23. The van der Waals surface area contributed by atoms with Gasteiger partial charge in [0, 0.05) is 17.1 Å². The first-order valence-electron chi connectivity index (χ1n) is 7.62. The molecule has 3 rings (SSSR count). The zero-order chi connectivity index (χ0) is 18.1. The summed E-state index contributed by atoms with van der Waals surface area (Å²) in [4.78, 5) is 41.2. The van der Waals surface area contributed by atoms with E-state index in [1.54, 1.807) is 6.07 Å². The van der Waals surface area contributed by atoms with Crippen LogP contribution in [0.4, 0.5) is 5.69 Å². The van der Waals surface area contributed by atoms with Gasteiger partial charge in [-0.05, 0) is 37.1 Å². The van der Waals surface area contributed by atoms with Crippen molar-refractivity contribution in [3.8, 4) is 0 Å². The molecule has 3 aromatic rings. The second-order valence-electron chi connectivity index (χ2n) is 5.75. The minimum atomic E-state index is -0.769. The first kappa shape index (κ1) is 16.5. The van der Waals surface area contributed by atoms with Crippen molar-refractivity contribution in [3.63, 3.8) is 0 Å². The van der Waals surface area contributed by atoms with E-state index in [0.717, 1.165) is 22.0 Å². The first-order valence-corrected chi connectivity index (χ1v) is 7.62. The van der Waals surface area contributed by atoms with E-state index in [4.69, 9.17) is 0 Å². The van der Waals surface area contributed by atoms with Crippen molar-refractivity contribution in [2.24, 2.45) is 0 Å². The van der Waals surface area contributed by atoms with Gasteiger partial charge >= 0.3 is 5.97 Å². The van der Waals surface area contributed by atoms with E-state index in [1.165, 1.54) is 19.4 Å². The lowest BCUT2D eigenvalue weighted by molar-refractivity contribution is 0.0598. The summed E-state index contributed by atoms with van der Waals surface area (Å²) in [6.45, 7) is 3.94. The maximum Gasteiger partial charge on any atom is 0.343 e. The molecular weight excluding hydrogens is 322 g/mol. The van der Waals surface area contributed by atoms with E-state index in [-0.39, 0.29) is 17.2 Å². The van der Waals surface area contributed by atoms with Crippen molar-refractivity contribution in [2.45, 2.75) is 13.8 Å². The van der Waals surface area contributed by atoms with Crippen LogP contribution in [0.2, 0.25) is 0 Å². The molecule has 0 bridgehead atoms. The number of esters is 1. The summed E-state index contributed by atoms with van der Waals surface area (Å²) < 4.78 is 4.55. The van der Waals surface area contributed by atoms with Crippen molar-refractivity contribution in [1.29, 1.82) is 0 Å². The Bertz CT molecular complexity index is 1010. The van der Waals surface area contributed by atoms with Crippen LogP contribution < -0.4 is 10.9 Å². The number of rotatable bonds is 3. The van der Waals surface area contributed by atoms with E-state index in [9.17, 15) is 14.4 Å². The molecule has 128 valence electrons. The maximum absolute atomic E-state index is 12.5. The quantitative estimate of drug-likeness (QED) is 0.638. The second kappa shape index (κ2) is 6.27. The number of carbonyl (C=O) groups excluding carboxylic acids is 2. The Hall–Kier alpha value is -3.35. The fourth-order valence-corrected chi connectivity index (χ4v) is 2.64. The van der Waals surface area contributed by atoms with Crippen molar-refractivity contribution >= 4 is 28.5 Å². The summed E-state index contributed by atoms with van der Waals surface area (Å²) >= 11 is 0. The number of aryl methyl sites for hydroxylation is 2. The Balaban J connectivity index is 1.93. The molecule has 0 aliphatic heterocycles. The summed E-state index contributed by atoms with van der Waals surface area (Å²) in [6, 6.07) is 7.04. The lowest BCUT2D eigenvalue weighted by Crippen LogP contribution is -2.20. The first-order chi connectivity index (χ1) is 11.9. The largest absolute Gasteiger partial charge is 0.465 e. The summed E-state index contributed by atoms with van der Waals surface area (Å²) in [6.07, 6.45) is 1.33. The zero-order valence-corrected chi connectivity index (χ0v) is 14.0. The summed E-state index contributed by atoms with van der Waals surface area (Å²) in [5.74, 6) is -1.15. The molecule has 2 heterocycles. The van der Waals surface area contributed by atoms with Gasteiger partial charge in [0.25, 0.3) is 11.5 Å². The minimum absolute atomic E-state index is 0.177. The molecule has 0 radical (unpaired) electrons. The molecule has 0 aliphatic rings. The SMILES string of the molecule is COC(=O)c1cc(NC(=O)c2cc3c(C)ccc(C)c3[nH]2)c[nH]c1=O. The zero-order valence-electron chi connectivity index (χ0n) is 14.0. The Labute approximate surface area is 143 Å². The van der Waals surface area contributed by atoms with Crippen molar-refractivity contribution in [3.05, 3.63) is 63.2 Å². The van der Waals surface area contributed by atoms with Gasteiger partial charge in [-0.3, -0.25) is 9.59 Å². The van der Waals surface area contributed by atoms with Crippen LogP contribution in [0.25, 0.3) is 10.9 Å². The van der Waals surface area contributed by atoms with E-state index >= 15 is 0 Å². The molecule has 0 spiro atoms. The fraction of sp³-hybridized carbons (Fsp3) is 0.167. The van der Waals surface area contributed by atoms with Crippen LogP contribution in [0, 0.1) is 13.8 Å². The van der Waals surface area contributed by atoms with Gasteiger partial charge in [0.05, 0.1) is 12.8 Å². The van der Waals surface area contributed by atoms with Gasteiger partial charge in [-0.25, -0.2) is 4.79 Å². The van der Waals surface area contributed by atoms with Gasteiger partial charge < -0.3 is 20.0 Å². The van der Waals surface area contributed by atoms with E-state index in [0.29, 0.717) is 5.69 Å². The number of fused-ring (bicyclic) bond motifs is 1. The number of anilines is 1. The van der Waals surface area contributed by atoms with Crippen molar-refractivity contribution < 1.29 is 14.3 Å². The minimum Gasteiger partial charge on any atom is -0.465 e. The molecule has 1 aromatic carbocycles. The number of H-pyrrole nitrogens is 2. The molecule has 0 fully saturated rings. The van der Waals surface area contributed by atoms with Crippen LogP contribution in [0.5, 0.6) is 0 Å². The summed E-state index contributed by atoms with van der Waals surface area (Å²) in [7, 11) is 1.18. The fourth-order valence-electron chi connectivity index (χ4n) is 2.64. The van der Waals surface area contributed by atoms with Crippen molar-refractivity contribution in [2.75, 3.05) is 12.4 Å². The molecule has 3 N–H and O–H groups in total. The van der Waals surface area contributed by atoms with Crippen molar-refractivity contribution in [1.82, 2.24) is 9.97 Å². The highest BCUT2D eigenvalue weighted by atomic mass is 16.5. The Kier molecular flexibility index (Phi) is 4.14. The number of nitrogens with one attached hydrogen (secondary N) is 3. The van der Waals surface area contributed by atoms with Crippen LogP contribution in [0.3, 0.4) is 0 Å². The van der Waals surface area contributed by atoms with Crippen LogP contribution in [0.15, 0.2) is 35.3 Å². The third-order valence-electron chi connectivity index (χ3n) is 4.03. The Morgan fingerprint density at radius 3 is 2.52 bits per heavy atom. The molecule has 2 aromatic heterocycles. The lowest BCUT2D eigenvalue weighted by atomic mass is 10.1. The monoisotopic (exact) mass is 339 g/mol. The van der Waals surface area contributed by atoms with E-state index in [2.05, 4.69) is 20.0 Å². The van der Waals surface area contributed by atoms with Crippen LogP contribution in [-0.4, -0.2) is 29.0 Å². The third-order valence-corrected chi connectivity index (χ3v) is 4.03. The average Bonchev–Trinajstić information content (AvgIpc) is 3.06. The van der Waals surface area contributed by atoms with Gasteiger partial charge in [0.2, 0.25) is 0 Å². The number of hydrogen-bond donors (Lipinski definition) is 3. The third kappa shape index (κ3) is 3.03. The predicted octanol–water partition coefficient (Wildman–Crippen LogP) is 2.51. The highest BCUT2D eigenvalue weighted by molar-refractivity contribution is 6.07. The van der Waals surface area contributed by atoms with Crippen LogP contribution >= 0.6 is 0 Å². The molecule has 0 aliphatic carbocycles. The average molecular weight is 339 g/mol. The molecular formula is C18H17N3O4. The van der Waals surface area contributed by atoms with Crippen LogP contribution in [-0.2, 0) is 4.74 Å². The van der Waals surface area contributed by atoms with Gasteiger partial charge in [-0.1, -0.05) is 12.1 Å². The number of amides is 1. The molecule has 0 atom stereocenters. The number of hydrogen-bond acceptors (Lipinski definition) is 4. The van der Waals surface area contributed by atoms with Gasteiger partial charge in [0.15, 0.2) is 0 Å². The number of aromatic amines is 2.